The van der Waals surface area contributed by atoms with Crippen LogP contribution in [0.4, 0.5) is 0 Å². The lowest BCUT2D eigenvalue weighted by Crippen LogP contribution is -2.18. The van der Waals surface area contributed by atoms with Crippen LogP contribution in [0.3, 0.4) is 0 Å². The molecule has 0 bridgehead atoms. The molecule has 3 aromatic carbocycles. The second-order valence-corrected chi connectivity index (χ2v) is 8.11. The summed E-state index contributed by atoms with van der Waals surface area (Å²) in [5.41, 5.74) is 0. The molecule has 0 saturated heterocycles. The number of hydrogen-bond acceptors (Lipinski definition) is 3. The summed E-state index contributed by atoms with van der Waals surface area (Å²) in [5.74, 6) is 0.321. The first kappa shape index (κ1) is 18.7. The maximum Gasteiger partial charge on any atom is 0.349 e. The zero-order chi connectivity index (χ0) is 18.0. The van der Waals surface area contributed by atoms with E-state index in [1.54, 1.807) is 24.3 Å². The first-order valence-corrected chi connectivity index (χ1v) is 9.86. The quantitative estimate of drug-likeness (QED) is 0.266. The van der Waals surface area contributed by atoms with Crippen LogP contribution in [-0.2, 0) is 4.79 Å². The lowest BCUT2D eigenvalue weighted by Gasteiger charge is -2.11. The molecule has 3 rings (SSSR count). The van der Waals surface area contributed by atoms with Crippen molar-refractivity contribution >= 4 is 76.1 Å². The number of fused-ring (bicyclic) bond motifs is 1. The average molecular weight is 549 g/mol. The number of carbonyl (C=O) groups is 1. The van der Waals surface area contributed by atoms with E-state index >= 15 is 0 Å². The second-order valence-electron chi connectivity index (χ2n) is 5.08. The monoisotopic (exact) mass is 546 g/mol. The third kappa shape index (κ3) is 4.56. The van der Waals surface area contributed by atoms with E-state index in [0.29, 0.717) is 16.5 Å². The third-order valence-corrected chi connectivity index (χ3v) is 5.44. The first-order valence-electron chi connectivity index (χ1n) is 7.10. The van der Waals surface area contributed by atoms with E-state index in [-0.39, 0.29) is 6.61 Å². The Morgan fingerprint density at radius 1 is 0.920 bits per heavy atom. The van der Waals surface area contributed by atoms with Crippen LogP contribution in [0.15, 0.2) is 61.9 Å². The number of rotatable bonds is 4. The van der Waals surface area contributed by atoms with E-state index in [0.717, 1.165) is 24.2 Å². The number of hydrogen-bond donors (Lipinski definition) is 0. The lowest BCUT2D eigenvalue weighted by molar-refractivity contribution is -0.136. The van der Waals surface area contributed by atoms with Gasteiger partial charge in [0.2, 0.25) is 0 Å². The highest BCUT2D eigenvalue weighted by molar-refractivity contribution is 9.11. The van der Waals surface area contributed by atoms with Gasteiger partial charge in [-0.2, -0.15) is 0 Å². The average Bonchev–Trinajstić information content (AvgIpc) is 2.57. The van der Waals surface area contributed by atoms with Gasteiger partial charge in [0.05, 0.1) is 9.50 Å². The van der Waals surface area contributed by atoms with Crippen molar-refractivity contribution in [1.82, 2.24) is 0 Å². The molecule has 0 atom stereocenters. The van der Waals surface area contributed by atoms with Crippen molar-refractivity contribution in [2.45, 2.75) is 0 Å². The summed E-state index contributed by atoms with van der Waals surface area (Å²) in [4.78, 5) is 12.0. The Balaban J connectivity index is 1.70. The fourth-order valence-electron chi connectivity index (χ4n) is 2.20. The molecule has 0 unspecified atom stereocenters. The zero-order valence-electron chi connectivity index (χ0n) is 12.6. The molecule has 25 heavy (non-hydrogen) atoms. The Hall–Kier alpha value is -1.08. The molecule has 7 heteroatoms. The Morgan fingerprint density at radius 3 is 2.36 bits per heavy atom. The third-order valence-electron chi connectivity index (χ3n) is 3.34. The van der Waals surface area contributed by atoms with E-state index in [9.17, 15) is 4.79 Å². The Kier molecular flexibility index (Phi) is 6.04. The smallest absolute Gasteiger partial charge is 0.349 e. The molecule has 0 aromatic heterocycles. The highest BCUT2D eigenvalue weighted by Gasteiger charge is 2.12. The van der Waals surface area contributed by atoms with E-state index < -0.39 is 5.97 Å². The van der Waals surface area contributed by atoms with Crippen molar-refractivity contribution in [3.63, 3.8) is 0 Å². The molecule has 0 aliphatic heterocycles. The Morgan fingerprint density at radius 2 is 1.60 bits per heavy atom. The van der Waals surface area contributed by atoms with E-state index in [4.69, 9.17) is 21.1 Å². The van der Waals surface area contributed by atoms with Crippen molar-refractivity contribution in [1.29, 1.82) is 0 Å². The van der Waals surface area contributed by atoms with Crippen LogP contribution in [0.2, 0.25) is 5.02 Å². The minimum Gasteiger partial charge on any atom is -0.481 e. The van der Waals surface area contributed by atoms with E-state index in [2.05, 4.69) is 47.8 Å². The molecule has 0 aliphatic rings. The molecule has 0 fully saturated rings. The lowest BCUT2D eigenvalue weighted by atomic mass is 10.1. The summed E-state index contributed by atoms with van der Waals surface area (Å²) in [6.07, 6.45) is 0. The minimum atomic E-state index is -0.535. The van der Waals surface area contributed by atoms with Crippen molar-refractivity contribution in [3.05, 3.63) is 67.0 Å². The molecule has 0 saturated carbocycles. The topological polar surface area (TPSA) is 35.5 Å². The second kappa shape index (κ2) is 8.08. The van der Waals surface area contributed by atoms with Gasteiger partial charge >= 0.3 is 5.97 Å². The summed E-state index contributed by atoms with van der Waals surface area (Å²) in [6, 6.07) is 14.7. The highest BCUT2D eigenvalue weighted by atomic mass is 79.9. The van der Waals surface area contributed by atoms with Crippen LogP contribution in [0.25, 0.3) is 10.8 Å². The normalized spacial score (nSPS) is 10.7. The molecule has 0 spiro atoms. The highest BCUT2D eigenvalue weighted by Crippen LogP contribution is 2.34. The van der Waals surface area contributed by atoms with E-state index in [1.165, 1.54) is 0 Å². The van der Waals surface area contributed by atoms with Gasteiger partial charge in [-0.25, -0.2) is 4.79 Å². The summed E-state index contributed by atoms with van der Waals surface area (Å²) in [7, 11) is 0. The fraction of sp³-hybridized carbons (Fsp3) is 0.0556. The van der Waals surface area contributed by atoms with Gasteiger partial charge in [0.25, 0.3) is 0 Å². The van der Waals surface area contributed by atoms with Crippen LogP contribution < -0.4 is 9.47 Å². The molecule has 0 aliphatic carbocycles. The van der Waals surface area contributed by atoms with Crippen LogP contribution >= 0.6 is 59.4 Å². The van der Waals surface area contributed by atoms with Gasteiger partial charge in [-0.3, -0.25) is 0 Å². The van der Waals surface area contributed by atoms with E-state index in [1.807, 2.05) is 24.3 Å². The number of carbonyl (C=O) groups excluding carboxylic acids is 1. The summed E-state index contributed by atoms with van der Waals surface area (Å²) >= 11 is 16.3. The van der Waals surface area contributed by atoms with Gasteiger partial charge < -0.3 is 9.47 Å². The molecule has 0 radical (unpaired) electrons. The van der Waals surface area contributed by atoms with Crippen LogP contribution in [0.5, 0.6) is 11.5 Å². The van der Waals surface area contributed by atoms with Gasteiger partial charge in [0.1, 0.15) is 11.5 Å². The SMILES string of the molecule is O=C(COc1ccc2cc(Br)ccc2c1Br)Oc1ccc(Br)cc1Cl. The molecule has 0 heterocycles. The summed E-state index contributed by atoms with van der Waals surface area (Å²) in [6.45, 7) is -0.229. The van der Waals surface area contributed by atoms with Crippen molar-refractivity contribution in [2.24, 2.45) is 0 Å². The largest absolute Gasteiger partial charge is 0.481 e. The van der Waals surface area contributed by atoms with Gasteiger partial charge in [-0.05, 0) is 63.1 Å². The Bertz CT molecular complexity index is 960. The number of halogens is 4. The number of ether oxygens (including phenoxy) is 2. The summed E-state index contributed by atoms with van der Waals surface area (Å²) < 4.78 is 13.4. The number of benzene rings is 3. The molecular weight excluding hydrogens is 539 g/mol. The first-order chi connectivity index (χ1) is 11.9. The van der Waals surface area contributed by atoms with Crippen molar-refractivity contribution < 1.29 is 14.3 Å². The zero-order valence-corrected chi connectivity index (χ0v) is 18.1. The molecule has 3 aromatic rings. The van der Waals surface area contributed by atoms with Gasteiger partial charge in [-0.15, -0.1) is 0 Å². The number of esters is 1. The van der Waals surface area contributed by atoms with Crippen LogP contribution in [0.1, 0.15) is 0 Å². The van der Waals surface area contributed by atoms with Crippen molar-refractivity contribution in [2.75, 3.05) is 6.61 Å². The standard InChI is InChI=1S/C18H10Br3ClO3/c19-11-2-4-13-10(7-11)1-5-16(18(13)21)24-9-17(23)25-15-6-3-12(20)8-14(15)22/h1-8H,9H2. The molecule has 0 amide bonds. The molecule has 3 nitrogen and oxygen atoms in total. The predicted molar refractivity (Wildman–Crippen MR) is 110 cm³/mol. The van der Waals surface area contributed by atoms with Crippen LogP contribution in [0, 0.1) is 0 Å². The van der Waals surface area contributed by atoms with Gasteiger partial charge in [-0.1, -0.05) is 55.6 Å². The predicted octanol–water partition coefficient (Wildman–Crippen LogP) is 6.77. The molecule has 128 valence electrons. The van der Waals surface area contributed by atoms with Gasteiger partial charge in [0, 0.05) is 8.95 Å². The minimum absolute atomic E-state index is 0.229. The molecule has 0 N–H and O–H groups in total. The fourth-order valence-corrected chi connectivity index (χ4v) is 3.90. The van der Waals surface area contributed by atoms with Gasteiger partial charge in [0.15, 0.2) is 6.61 Å². The summed E-state index contributed by atoms with van der Waals surface area (Å²) in [5, 5.41) is 2.39. The molecular formula is C18H10Br3ClO3. The van der Waals surface area contributed by atoms with Crippen LogP contribution in [-0.4, -0.2) is 12.6 Å². The van der Waals surface area contributed by atoms with Crippen molar-refractivity contribution in [3.8, 4) is 11.5 Å². The Labute approximate surface area is 174 Å². The maximum absolute atomic E-state index is 12.0. The maximum atomic E-state index is 12.0.